The van der Waals surface area contributed by atoms with Gasteiger partial charge in [0.25, 0.3) is 5.91 Å². The first-order valence-electron chi connectivity index (χ1n) is 8.73. The molecule has 4 nitrogen and oxygen atoms in total. The maximum absolute atomic E-state index is 13.0. The second kappa shape index (κ2) is 7.59. The van der Waals surface area contributed by atoms with E-state index in [4.69, 9.17) is 0 Å². The van der Waals surface area contributed by atoms with Gasteiger partial charge in [0, 0.05) is 11.7 Å². The van der Waals surface area contributed by atoms with Gasteiger partial charge in [-0.05, 0) is 56.2 Å². The van der Waals surface area contributed by atoms with Crippen LogP contribution in [0.4, 0.5) is 0 Å². The van der Waals surface area contributed by atoms with Gasteiger partial charge in [-0.2, -0.15) is 0 Å². The third-order valence-electron chi connectivity index (χ3n) is 5.46. The van der Waals surface area contributed by atoms with E-state index in [1.54, 1.807) is 6.20 Å². The summed E-state index contributed by atoms with van der Waals surface area (Å²) in [6, 6.07) is 12.1. The highest BCUT2D eigenvalue weighted by Gasteiger charge is 2.55. The zero-order valence-corrected chi connectivity index (χ0v) is 16.6. The van der Waals surface area contributed by atoms with Crippen molar-refractivity contribution in [3.8, 4) is 0 Å². The van der Waals surface area contributed by atoms with Crippen LogP contribution < -0.4 is 10.6 Å². The molecule has 1 aromatic carbocycles. The van der Waals surface area contributed by atoms with Crippen molar-refractivity contribution in [1.29, 1.82) is 0 Å². The molecule has 3 heterocycles. The number of rotatable bonds is 5. The zero-order valence-electron chi connectivity index (χ0n) is 15.0. The van der Waals surface area contributed by atoms with Gasteiger partial charge in [0.15, 0.2) is 0 Å². The molecule has 3 aliphatic rings. The van der Waals surface area contributed by atoms with Crippen LogP contribution in [-0.4, -0.2) is 29.2 Å². The summed E-state index contributed by atoms with van der Waals surface area (Å²) in [6.07, 6.45) is 5.95. The molecule has 1 unspecified atom stereocenters. The van der Waals surface area contributed by atoms with Gasteiger partial charge in [-0.3, -0.25) is 4.79 Å². The Labute approximate surface area is 165 Å². The van der Waals surface area contributed by atoms with E-state index in [0.717, 1.165) is 30.3 Å². The van der Waals surface area contributed by atoms with Crippen molar-refractivity contribution >= 4 is 30.1 Å². The fourth-order valence-electron chi connectivity index (χ4n) is 4.27. The summed E-state index contributed by atoms with van der Waals surface area (Å²) in [4.78, 5) is 17.3. The molecule has 1 aromatic heterocycles. The first-order chi connectivity index (χ1) is 12.1. The largest absolute Gasteiger partial charge is 0.343 e. The molecule has 2 aromatic rings. The van der Waals surface area contributed by atoms with Gasteiger partial charge in [0.1, 0.15) is 5.03 Å². The maximum atomic E-state index is 13.0. The lowest BCUT2D eigenvalue weighted by atomic mass is 9.67. The Kier molecular flexibility index (Phi) is 5.61. The molecule has 0 radical (unpaired) electrons. The van der Waals surface area contributed by atoms with Crippen molar-refractivity contribution in [2.75, 3.05) is 12.8 Å². The molecule has 6 heteroatoms. The van der Waals surface area contributed by atoms with Crippen molar-refractivity contribution in [3.63, 3.8) is 0 Å². The van der Waals surface area contributed by atoms with E-state index in [1.165, 1.54) is 22.9 Å². The number of amides is 1. The molecule has 1 atom stereocenters. The minimum atomic E-state index is -0.0459. The monoisotopic (exact) mass is 389 g/mol. The molecular formula is C20H24ClN3OS. The number of halogens is 1. The minimum Gasteiger partial charge on any atom is -0.343 e. The molecule has 138 valence electrons. The molecule has 1 saturated carbocycles. The number of hydrogen-bond donors (Lipinski definition) is 2. The van der Waals surface area contributed by atoms with Crippen LogP contribution in [0, 0.1) is 12.8 Å². The molecule has 2 saturated heterocycles. The third-order valence-corrected chi connectivity index (χ3v) is 6.17. The average molecular weight is 390 g/mol. The second-order valence-corrected chi connectivity index (χ2v) is 7.99. The van der Waals surface area contributed by atoms with Crippen molar-refractivity contribution < 1.29 is 4.79 Å². The lowest BCUT2D eigenvalue weighted by Gasteiger charge is -2.44. The normalized spacial score (nSPS) is 24.3. The Morgan fingerprint density at radius 1 is 1.35 bits per heavy atom. The van der Waals surface area contributed by atoms with Crippen molar-refractivity contribution in [3.05, 3.63) is 59.3 Å². The molecular weight excluding hydrogens is 366 g/mol. The number of aromatic nitrogens is 1. The topological polar surface area (TPSA) is 54.0 Å². The van der Waals surface area contributed by atoms with Gasteiger partial charge in [-0.1, -0.05) is 29.8 Å². The van der Waals surface area contributed by atoms with Gasteiger partial charge in [-0.15, -0.1) is 24.2 Å². The van der Waals surface area contributed by atoms with Crippen LogP contribution in [0.2, 0.25) is 0 Å². The highest BCUT2D eigenvalue weighted by molar-refractivity contribution is 7.98. The molecule has 1 amide bonds. The van der Waals surface area contributed by atoms with E-state index >= 15 is 0 Å². The van der Waals surface area contributed by atoms with E-state index in [0.29, 0.717) is 5.56 Å². The molecule has 1 aliphatic carbocycles. The molecule has 2 aliphatic heterocycles. The van der Waals surface area contributed by atoms with E-state index in [-0.39, 0.29) is 29.9 Å². The SMILES string of the molecule is CSc1ncccc1C(=O)NC(c1cccc(C)c1)C12CC(CN1)C2.Cl. The van der Waals surface area contributed by atoms with Gasteiger partial charge in [-0.25, -0.2) is 4.98 Å². The molecule has 2 bridgehead atoms. The van der Waals surface area contributed by atoms with Gasteiger partial charge < -0.3 is 10.6 Å². The van der Waals surface area contributed by atoms with Gasteiger partial charge in [0.05, 0.1) is 11.6 Å². The minimum absolute atomic E-state index is 0. The summed E-state index contributed by atoms with van der Waals surface area (Å²) in [5.41, 5.74) is 3.04. The number of carbonyl (C=O) groups is 1. The van der Waals surface area contributed by atoms with Crippen LogP contribution in [-0.2, 0) is 0 Å². The Balaban J connectivity index is 0.00000196. The van der Waals surface area contributed by atoms with Gasteiger partial charge in [0.2, 0.25) is 0 Å². The fraction of sp³-hybridized carbons (Fsp3) is 0.400. The highest BCUT2D eigenvalue weighted by Crippen LogP contribution is 2.50. The Morgan fingerprint density at radius 2 is 2.15 bits per heavy atom. The maximum Gasteiger partial charge on any atom is 0.254 e. The van der Waals surface area contributed by atoms with Crippen LogP contribution in [0.5, 0.6) is 0 Å². The summed E-state index contributed by atoms with van der Waals surface area (Å²) in [5, 5.41) is 7.76. The highest BCUT2D eigenvalue weighted by atomic mass is 35.5. The molecule has 5 rings (SSSR count). The van der Waals surface area contributed by atoms with E-state index < -0.39 is 0 Å². The van der Waals surface area contributed by atoms with E-state index in [2.05, 4.69) is 46.8 Å². The van der Waals surface area contributed by atoms with Crippen LogP contribution in [0.25, 0.3) is 0 Å². The Bertz CT molecular complexity index is 802. The summed E-state index contributed by atoms with van der Waals surface area (Å²) < 4.78 is 0. The number of fused-ring (bicyclic) bond motifs is 1. The van der Waals surface area contributed by atoms with E-state index in [1.807, 2.05) is 18.4 Å². The number of nitrogens with one attached hydrogen (secondary N) is 2. The number of thioether (sulfide) groups is 1. The fourth-order valence-corrected chi connectivity index (χ4v) is 4.82. The van der Waals surface area contributed by atoms with Crippen molar-refractivity contribution in [2.45, 2.75) is 36.4 Å². The average Bonchev–Trinajstić information content (AvgIpc) is 3.21. The Morgan fingerprint density at radius 3 is 2.81 bits per heavy atom. The first kappa shape index (κ1) is 19.2. The lowest BCUT2D eigenvalue weighted by Crippen LogP contribution is -2.54. The number of hydrogen-bond acceptors (Lipinski definition) is 4. The number of aryl methyl sites for hydroxylation is 1. The predicted octanol–water partition coefficient (Wildman–Crippen LogP) is 3.76. The van der Waals surface area contributed by atoms with Gasteiger partial charge >= 0.3 is 0 Å². The van der Waals surface area contributed by atoms with Crippen LogP contribution >= 0.6 is 24.2 Å². The predicted molar refractivity (Wildman–Crippen MR) is 108 cm³/mol. The number of nitrogens with zero attached hydrogens (tertiary/aromatic N) is 1. The summed E-state index contributed by atoms with van der Waals surface area (Å²) in [5.74, 6) is 0.708. The standard InChI is InChI=1S/C20H23N3OS.ClH/c1-13-5-3-6-15(9-13)17(20-10-14(11-20)12-22-20)23-18(24)16-7-4-8-21-19(16)25-2;/h3-9,14,17,22H,10-12H2,1-2H3,(H,23,24);1H. The third kappa shape index (κ3) is 3.36. The second-order valence-electron chi connectivity index (χ2n) is 7.19. The number of benzene rings is 1. The number of pyridine rings is 1. The van der Waals surface area contributed by atoms with Crippen molar-refractivity contribution in [2.24, 2.45) is 5.92 Å². The molecule has 26 heavy (non-hydrogen) atoms. The first-order valence-corrected chi connectivity index (χ1v) is 9.95. The lowest BCUT2D eigenvalue weighted by molar-refractivity contribution is 0.0859. The summed E-state index contributed by atoms with van der Waals surface area (Å²) in [6.45, 7) is 3.15. The summed E-state index contributed by atoms with van der Waals surface area (Å²) in [7, 11) is 0. The number of carbonyl (C=O) groups excluding carboxylic acids is 1. The molecule has 3 fully saturated rings. The Hall–Kier alpha value is -1.56. The van der Waals surface area contributed by atoms with Crippen LogP contribution in [0.3, 0.4) is 0 Å². The molecule has 0 spiro atoms. The molecule has 2 N–H and O–H groups in total. The zero-order chi connectivity index (χ0) is 17.4. The quantitative estimate of drug-likeness (QED) is 0.764. The summed E-state index contributed by atoms with van der Waals surface area (Å²) >= 11 is 1.50. The van der Waals surface area contributed by atoms with Crippen LogP contribution in [0.1, 0.15) is 40.4 Å². The smallest absolute Gasteiger partial charge is 0.254 e. The van der Waals surface area contributed by atoms with Crippen LogP contribution in [0.15, 0.2) is 47.6 Å². The van der Waals surface area contributed by atoms with Crippen molar-refractivity contribution in [1.82, 2.24) is 15.6 Å². The van der Waals surface area contributed by atoms with E-state index in [9.17, 15) is 4.79 Å².